The molecule has 2 heterocycles. The van der Waals surface area contributed by atoms with Crippen molar-refractivity contribution in [1.29, 1.82) is 0 Å². The Balaban J connectivity index is 2.26. The van der Waals surface area contributed by atoms with E-state index in [0.717, 1.165) is 0 Å². The summed E-state index contributed by atoms with van der Waals surface area (Å²) < 4.78 is 0.676. The highest BCUT2D eigenvalue weighted by Crippen LogP contribution is 2.34. The highest BCUT2D eigenvalue weighted by molar-refractivity contribution is 9.11. The monoisotopic (exact) mass is 446 g/mol. The molecule has 0 aliphatic carbocycles. The number of carboxylic acid groups (broad SMARTS) is 1. The third-order valence-electron chi connectivity index (χ3n) is 4.25. The van der Waals surface area contributed by atoms with Gasteiger partial charge < -0.3 is 26.4 Å². The number of nitrogens with one attached hydrogen (secondary N) is 2. The van der Waals surface area contributed by atoms with E-state index in [9.17, 15) is 19.5 Å². The molecule has 8 nitrogen and oxygen atoms in total. The molecule has 26 heavy (non-hydrogen) atoms. The van der Waals surface area contributed by atoms with Crippen molar-refractivity contribution >= 4 is 51.0 Å². The van der Waals surface area contributed by atoms with Crippen LogP contribution in [0.2, 0.25) is 0 Å². The van der Waals surface area contributed by atoms with Crippen molar-refractivity contribution in [3.8, 4) is 0 Å². The predicted molar refractivity (Wildman–Crippen MR) is 104 cm³/mol. The number of anilines is 1. The fraction of sp³-hybridized carbons (Fsp3) is 0.562. The van der Waals surface area contributed by atoms with E-state index in [1.165, 1.54) is 16.2 Å². The van der Waals surface area contributed by atoms with Gasteiger partial charge in [0.2, 0.25) is 0 Å². The summed E-state index contributed by atoms with van der Waals surface area (Å²) in [6.07, 6.45) is 0.367. The van der Waals surface area contributed by atoms with Crippen LogP contribution in [0, 0.1) is 5.41 Å². The number of hydrogen-bond donors (Lipinski definition) is 4. The van der Waals surface area contributed by atoms with Gasteiger partial charge in [-0.2, -0.15) is 0 Å². The van der Waals surface area contributed by atoms with Crippen LogP contribution in [-0.2, 0) is 0 Å². The van der Waals surface area contributed by atoms with Crippen LogP contribution in [0.15, 0.2) is 9.85 Å². The van der Waals surface area contributed by atoms with Crippen LogP contribution in [0.3, 0.4) is 0 Å². The van der Waals surface area contributed by atoms with Crippen molar-refractivity contribution < 1.29 is 19.5 Å². The lowest BCUT2D eigenvalue weighted by Crippen LogP contribution is -2.61. The Hall–Kier alpha value is -1.81. The first-order valence-corrected chi connectivity index (χ1v) is 9.78. The van der Waals surface area contributed by atoms with Crippen LogP contribution in [0.25, 0.3) is 0 Å². The first-order chi connectivity index (χ1) is 12.0. The molecule has 1 aliphatic rings. The van der Waals surface area contributed by atoms with Gasteiger partial charge in [0.1, 0.15) is 4.88 Å². The lowest BCUT2D eigenvalue weighted by atomic mass is 9.77. The highest BCUT2D eigenvalue weighted by atomic mass is 79.9. The van der Waals surface area contributed by atoms with E-state index >= 15 is 0 Å². The number of nitrogens with zero attached hydrogens (tertiary/aromatic N) is 1. The molecule has 1 fully saturated rings. The minimum atomic E-state index is -0.987. The van der Waals surface area contributed by atoms with Gasteiger partial charge in [0, 0.05) is 6.54 Å². The standard InChI is InChI=1S/C16H23BrN4O4S/c1-16(2,3)12-8(5-4-6-21(12)15(24)25)19-13(22)11-9(20-14(18)23)7-10(17)26-11/h7-8,12H,4-6H2,1-3H3,(H,19,22)(H,24,25)(H3,18,20,23)/t8-,12?/m0/s1. The lowest BCUT2D eigenvalue weighted by molar-refractivity contribution is 0.0359. The Labute approximate surface area is 164 Å². The average Bonchev–Trinajstić information content (AvgIpc) is 2.85. The second kappa shape index (κ2) is 7.83. The van der Waals surface area contributed by atoms with Crippen LogP contribution < -0.4 is 16.4 Å². The molecular weight excluding hydrogens is 424 g/mol. The van der Waals surface area contributed by atoms with Gasteiger partial charge in [-0.3, -0.25) is 4.79 Å². The van der Waals surface area contributed by atoms with Crippen molar-refractivity contribution in [3.05, 3.63) is 14.7 Å². The van der Waals surface area contributed by atoms with Crippen molar-refractivity contribution in [2.24, 2.45) is 11.1 Å². The van der Waals surface area contributed by atoms with Crippen molar-refractivity contribution in [1.82, 2.24) is 10.2 Å². The number of thiophene rings is 1. The number of urea groups is 1. The zero-order chi connectivity index (χ0) is 19.6. The van der Waals surface area contributed by atoms with Gasteiger partial charge in [-0.15, -0.1) is 11.3 Å². The van der Waals surface area contributed by atoms with Gasteiger partial charge in [0.05, 0.1) is 21.6 Å². The molecule has 10 heteroatoms. The summed E-state index contributed by atoms with van der Waals surface area (Å²) in [6, 6.07) is 0.172. The molecule has 1 aromatic rings. The third-order valence-corrected chi connectivity index (χ3v) is 5.88. The number of halogens is 1. The van der Waals surface area contributed by atoms with Crippen LogP contribution in [0.5, 0.6) is 0 Å². The number of hydrogen-bond acceptors (Lipinski definition) is 4. The molecular formula is C16H23BrN4O4S. The number of carbonyl (C=O) groups is 3. The summed E-state index contributed by atoms with van der Waals surface area (Å²) in [7, 11) is 0. The maximum atomic E-state index is 12.8. The first-order valence-electron chi connectivity index (χ1n) is 8.17. The van der Waals surface area contributed by atoms with Crippen molar-refractivity contribution in [3.63, 3.8) is 0 Å². The van der Waals surface area contributed by atoms with E-state index in [1.54, 1.807) is 6.07 Å². The number of carbonyl (C=O) groups excluding carboxylic acids is 2. The predicted octanol–water partition coefficient (Wildman–Crippen LogP) is 3.29. The molecule has 0 aromatic carbocycles. The second-order valence-corrected chi connectivity index (χ2v) is 9.72. The molecule has 2 rings (SSSR count). The zero-order valence-electron chi connectivity index (χ0n) is 14.8. The van der Waals surface area contributed by atoms with Crippen LogP contribution in [0.1, 0.15) is 43.3 Å². The van der Waals surface area contributed by atoms with Crippen LogP contribution in [-0.4, -0.2) is 46.7 Å². The Bertz CT molecular complexity index is 716. The van der Waals surface area contributed by atoms with Crippen LogP contribution in [0.4, 0.5) is 15.3 Å². The third kappa shape index (κ3) is 4.67. The minimum absolute atomic E-state index is 0.316. The number of likely N-dealkylation sites (tertiary alicyclic amines) is 1. The molecule has 0 radical (unpaired) electrons. The number of amides is 4. The van der Waals surface area contributed by atoms with E-state index in [2.05, 4.69) is 26.6 Å². The molecule has 1 aromatic heterocycles. The zero-order valence-corrected chi connectivity index (χ0v) is 17.2. The average molecular weight is 447 g/mol. The summed E-state index contributed by atoms with van der Waals surface area (Å²) in [4.78, 5) is 37.3. The lowest BCUT2D eigenvalue weighted by Gasteiger charge is -2.46. The Morgan fingerprint density at radius 2 is 2.04 bits per heavy atom. The molecule has 0 bridgehead atoms. The Morgan fingerprint density at radius 1 is 1.38 bits per heavy atom. The number of rotatable bonds is 3. The maximum absolute atomic E-state index is 12.8. The molecule has 1 aliphatic heterocycles. The summed E-state index contributed by atoms with van der Waals surface area (Å²) in [5.74, 6) is -0.365. The fourth-order valence-electron chi connectivity index (χ4n) is 3.42. The van der Waals surface area contributed by atoms with Crippen molar-refractivity contribution in [2.75, 3.05) is 11.9 Å². The summed E-state index contributed by atoms with van der Waals surface area (Å²) >= 11 is 4.47. The number of nitrogens with two attached hydrogens (primary N) is 1. The van der Waals surface area contributed by atoms with E-state index < -0.39 is 12.1 Å². The SMILES string of the molecule is CC(C)(C)C1[C@@H](NC(=O)c2sc(Br)cc2NC(N)=O)CCCN1C(=O)O. The Kier molecular flexibility index (Phi) is 6.17. The molecule has 1 saturated heterocycles. The maximum Gasteiger partial charge on any atom is 0.407 e. The smallest absolute Gasteiger partial charge is 0.407 e. The topological polar surface area (TPSA) is 125 Å². The fourth-order valence-corrected chi connectivity index (χ4v) is 4.88. The van der Waals surface area contributed by atoms with Gasteiger partial charge in [-0.1, -0.05) is 20.8 Å². The van der Waals surface area contributed by atoms with Gasteiger partial charge in [0.15, 0.2) is 0 Å². The molecule has 1 unspecified atom stereocenters. The summed E-state index contributed by atoms with van der Waals surface area (Å²) in [6.45, 7) is 6.32. The summed E-state index contributed by atoms with van der Waals surface area (Å²) in [5.41, 5.74) is 5.13. The van der Waals surface area contributed by atoms with E-state index in [4.69, 9.17) is 5.73 Å². The quantitative estimate of drug-likeness (QED) is 0.568. The second-order valence-electron chi connectivity index (χ2n) is 7.29. The van der Waals surface area contributed by atoms with Gasteiger partial charge in [0.25, 0.3) is 5.91 Å². The van der Waals surface area contributed by atoms with E-state index in [1.807, 2.05) is 20.8 Å². The van der Waals surface area contributed by atoms with E-state index in [0.29, 0.717) is 33.7 Å². The molecule has 2 atom stereocenters. The summed E-state index contributed by atoms with van der Waals surface area (Å²) in [5, 5.41) is 14.9. The van der Waals surface area contributed by atoms with Crippen LogP contribution >= 0.6 is 27.3 Å². The Morgan fingerprint density at radius 3 is 2.58 bits per heavy atom. The highest BCUT2D eigenvalue weighted by Gasteiger charge is 2.42. The molecule has 0 spiro atoms. The normalized spacial score (nSPS) is 20.5. The minimum Gasteiger partial charge on any atom is -0.465 e. The number of primary amides is 1. The first kappa shape index (κ1) is 20.5. The van der Waals surface area contributed by atoms with E-state index in [-0.39, 0.29) is 23.4 Å². The van der Waals surface area contributed by atoms with Crippen molar-refractivity contribution in [2.45, 2.75) is 45.7 Å². The molecule has 144 valence electrons. The van der Waals surface area contributed by atoms with Gasteiger partial charge in [-0.05, 0) is 40.3 Å². The molecule has 4 amide bonds. The van der Waals surface area contributed by atoms with Gasteiger partial charge >= 0.3 is 12.1 Å². The van der Waals surface area contributed by atoms with Gasteiger partial charge in [-0.25, -0.2) is 9.59 Å². The molecule has 5 N–H and O–H groups in total. The largest absolute Gasteiger partial charge is 0.465 e. The molecule has 0 saturated carbocycles. The number of piperidine rings is 1.